The molecule has 0 spiro atoms. The molecule has 76 valence electrons. The van der Waals surface area contributed by atoms with E-state index in [0.717, 1.165) is 6.42 Å². The molecule has 0 aliphatic rings. The largest absolute Gasteiger partial charge is 0.0776 e. The highest BCUT2D eigenvalue weighted by Crippen LogP contribution is 2.15. The predicted octanol–water partition coefficient (Wildman–Crippen LogP) is 4.64. The normalized spacial score (nSPS) is 8.92. The average molecular weight is 180 g/mol. The van der Waals surface area contributed by atoms with E-state index in [1.807, 2.05) is 0 Å². The molecule has 0 saturated carbocycles. The maximum atomic E-state index is 2.30. The highest BCUT2D eigenvalue weighted by Gasteiger charge is 1.97. The highest BCUT2D eigenvalue weighted by molar-refractivity contribution is 5.25. The molecule has 0 bridgehead atoms. The van der Waals surface area contributed by atoms with E-state index in [4.69, 9.17) is 0 Å². The van der Waals surface area contributed by atoms with Crippen molar-refractivity contribution < 1.29 is 0 Å². The van der Waals surface area contributed by atoms with Crippen LogP contribution in [0.5, 0.6) is 0 Å². The van der Waals surface area contributed by atoms with Crippen LogP contribution in [-0.4, -0.2) is 0 Å². The van der Waals surface area contributed by atoms with Gasteiger partial charge in [0, 0.05) is 0 Å². The van der Waals surface area contributed by atoms with Gasteiger partial charge in [0.05, 0.1) is 0 Å². The first kappa shape index (κ1) is 14.7. The van der Waals surface area contributed by atoms with Crippen molar-refractivity contribution in [2.24, 2.45) is 0 Å². The van der Waals surface area contributed by atoms with Crippen LogP contribution in [0.15, 0.2) is 24.3 Å². The smallest absolute Gasteiger partial charge is 0.0219 e. The minimum Gasteiger partial charge on any atom is -0.0776 e. The van der Waals surface area contributed by atoms with E-state index in [1.54, 1.807) is 0 Å². The number of aryl methyl sites for hydroxylation is 1. The summed E-state index contributed by atoms with van der Waals surface area (Å²) in [6.07, 6.45) is 1.14. The fourth-order valence-electron chi connectivity index (χ4n) is 1.17. The van der Waals surface area contributed by atoms with Gasteiger partial charge in [-0.15, -0.1) is 0 Å². The van der Waals surface area contributed by atoms with Gasteiger partial charge in [0.25, 0.3) is 0 Å². The number of benzene rings is 1. The summed E-state index contributed by atoms with van der Waals surface area (Å²) in [5.74, 6) is 0.654. The molecule has 0 N–H and O–H groups in total. The quantitative estimate of drug-likeness (QED) is 0.621. The van der Waals surface area contributed by atoms with Gasteiger partial charge in [-0.2, -0.15) is 0 Å². The van der Waals surface area contributed by atoms with Crippen LogP contribution >= 0.6 is 0 Å². The van der Waals surface area contributed by atoms with Gasteiger partial charge >= 0.3 is 0 Å². The summed E-state index contributed by atoms with van der Waals surface area (Å²) in [4.78, 5) is 0. The molecular formula is C13H24. The fourth-order valence-corrected chi connectivity index (χ4v) is 1.17. The minimum atomic E-state index is 0. The summed E-state index contributed by atoms with van der Waals surface area (Å²) in [5.41, 5.74) is 2.89. The molecule has 0 radical (unpaired) electrons. The van der Waals surface area contributed by atoms with Crippen LogP contribution < -0.4 is 0 Å². The Morgan fingerprint density at radius 3 is 2.23 bits per heavy atom. The fraction of sp³-hybridized carbons (Fsp3) is 0.538. The van der Waals surface area contributed by atoms with Crippen LogP contribution in [0.2, 0.25) is 0 Å². The molecule has 0 aromatic heterocycles. The molecule has 0 heterocycles. The Balaban J connectivity index is 0. The third kappa shape index (κ3) is 4.12. The Morgan fingerprint density at radius 1 is 1.15 bits per heavy atom. The third-order valence-electron chi connectivity index (χ3n) is 2.03. The van der Waals surface area contributed by atoms with E-state index >= 15 is 0 Å². The molecular weight excluding hydrogens is 156 g/mol. The van der Waals surface area contributed by atoms with Crippen molar-refractivity contribution in [3.8, 4) is 0 Å². The van der Waals surface area contributed by atoms with Crippen molar-refractivity contribution in [3.05, 3.63) is 35.4 Å². The van der Waals surface area contributed by atoms with E-state index in [-0.39, 0.29) is 14.9 Å². The van der Waals surface area contributed by atoms with Crippen LogP contribution in [0, 0.1) is 0 Å². The molecule has 1 aromatic carbocycles. The maximum absolute atomic E-state index is 2.30. The van der Waals surface area contributed by atoms with Crippen molar-refractivity contribution in [2.75, 3.05) is 0 Å². The maximum Gasteiger partial charge on any atom is -0.0219 e. The van der Waals surface area contributed by atoms with Gasteiger partial charge < -0.3 is 0 Å². The Kier molecular flexibility index (Phi) is 7.60. The molecule has 1 rings (SSSR count). The van der Waals surface area contributed by atoms with Crippen LogP contribution in [0.1, 0.15) is 52.7 Å². The Labute approximate surface area is 84.0 Å². The van der Waals surface area contributed by atoms with Crippen LogP contribution in [-0.2, 0) is 6.42 Å². The molecule has 0 heteroatoms. The molecule has 0 nitrogen and oxygen atoms in total. The van der Waals surface area contributed by atoms with Gasteiger partial charge in [0.1, 0.15) is 0 Å². The average Bonchev–Trinajstić information content (AvgIpc) is 2.05. The third-order valence-corrected chi connectivity index (χ3v) is 2.03. The van der Waals surface area contributed by atoms with E-state index < -0.39 is 0 Å². The molecule has 1 aromatic rings. The molecule has 0 fully saturated rings. The van der Waals surface area contributed by atoms with Crippen molar-refractivity contribution in [1.82, 2.24) is 0 Å². The molecule has 0 aliphatic carbocycles. The first-order chi connectivity index (χ1) is 5.24. The van der Waals surface area contributed by atoms with E-state index in [9.17, 15) is 0 Å². The lowest BCUT2D eigenvalue weighted by Gasteiger charge is -2.05. The summed E-state index contributed by atoms with van der Waals surface area (Å²) in [6, 6.07) is 8.83. The number of hydrogen-bond donors (Lipinski definition) is 0. The zero-order valence-electron chi connectivity index (χ0n) is 7.59. The van der Waals surface area contributed by atoms with E-state index in [0.29, 0.717) is 5.92 Å². The van der Waals surface area contributed by atoms with Crippen molar-refractivity contribution in [2.45, 2.75) is 48.0 Å². The van der Waals surface area contributed by atoms with E-state index in [1.165, 1.54) is 11.1 Å². The van der Waals surface area contributed by atoms with E-state index in [2.05, 4.69) is 45.0 Å². The van der Waals surface area contributed by atoms with Crippen LogP contribution in [0.25, 0.3) is 0 Å². The number of rotatable bonds is 2. The predicted molar refractivity (Wildman–Crippen MR) is 63.4 cm³/mol. The summed E-state index contributed by atoms with van der Waals surface area (Å²) >= 11 is 0. The lowest BCUT2D eigenvalue weighted by Crippen LogP contribution is -1.88. The molecule has 0 aliphatic heterocycles. The van der Waals surface area contributed by atoms with Crippen molar-refractivity contribution in [1.29, 1.82) is 0 Å². The first-order valence-corrected chi connectivity index (χ1v) is 4.33. The van der Waals surface area contributed by atoms with Gasteiger partial charge in [-0.1, -0.05) is 59.9 Å². The minimum absolute atomic E-state index is 0. The highest BCUT2D eigenvalue weighted by atomic mass is 14.0. The Hall–Kier alpha value is -0.780. The first-order valence-electron chi connectivity index (χ1n) is 4.33. The van der Waals surface area contributed by atoms with Gasteiger partial charge in [-0.3, -0.25) is 0 Å². The van der Waals surface area contributed by atoms with Gasteiger partial charge in [0.15, 0.2) is 0 Å². The zero-order valence-corrected chi connectivity index (χ0v) is 7.59. The topological polar surface area (TPSA) is 0 Å². The molecule has 13 heavy (non-hydrogen) atoms. The SMILES string of the molecule is C.C.CCc1cccc(C(C)C)c1. The Morgan fingerprint density at radius 2 is 1.77 bits per heavy atom. The summed E-state index contributed by atoms with van der Waals surface area (Å²) < 4.78 is 0. The zero-order chi connectivity index (χ0) is 8.27. The molecule has 0 unspecified atom stereocenters. The Bertz CT molecular complexity index is 223. The second-order valence-electron chi connectivity index (χ2n) is 3.25. The second kappa shape index (κ2) is 6.71. The number of hydrogen-bond acceptors (Lipinski definition) is 0. The van der Waals surface area contributed by atoms with Crippen molar-refractivity contribution >= 4 is 0 Å². The molecule has 0 amide bonds. The van der Waals surface area contributed by atoms with Crippen LogP contribution in [0.3, 0.4) is 0 Å². The van der Waals surface area contributed by atoms with Gasteiger partial charge in [-0.05, 0) is 23.5 Å². The monoisotopic (exact) mass is 180 g/mol. The lowest BCUT2D eigenvalue weighted by molar-refractivity contribution is 0.862. The van der Waals surface area contributed by atoms with Crippen LogP contribution in [0.4, 0.5) is 0 Å². The standard InChI is InChI=1S/C11H16.2CH4/c1-4-10-6-5-7-11(8-10)9(2)3;;/h5-9H,4H2,1-3H3;2*1H4. The van der Waals surface area contributed by atoms with Crippen molar-refractivity contribution in [3.63, 3.8) is 0 Å². The lowest BCUT2D eigenvalue weighted by atomic mass is 10.0. The second-order valence-corrected chi connectivity index (χ2v) is 3.25. The molecule has 0 saturated heterocycles. The van der Waals surface area contributed by atoms with Gasteiger partial charge in [0.2, 0.25) is 0 Å². The summed E-state index contributed by atoms with van der Waals surface area (Å²) in [5, 5.41) is 0. The van der Waals surface area contributed by atoms with Gasteiger partial charge in [-0.25, -0.2) is 0 Å². The summed E-state index contributed by atoms with van der Waals surface area (Å²) in [7, 11) is 0. The molecule has 0 atom stereocenters. The summed E-state index contributed by atoms with van der Waals surface area (Å²) in [6.45, 7) is 6.66.